The molecule has 21 heavy (non-hydrogen) atoms. The van der Waals surface area contributed by atoms with Gasteiger partial charge in [-0.15, -0.1) is 11.3 Å². The van der Waals surface area contributed by atoms with E-state index < -0.39 is 6.10 Å². The zero-order valence-corrected chi connectivity index (χ0v) is 12.8. The molecule has 2 aromatic rings. The molecule has 1 amide bonds. The number of ether oxygens (including phenoxy) is 1. The highest BCUT2D eigenvalue weighted by Gasteiger charge is 2.13. The molecule has 0 aromatic carbocycles. The zero-order chi connectivity index (χ0) is 15.2. The summed E-state index contributed by atoms with van der Waals surface area (Å²) in [5.41, 5.74) is 2.04. The van der Waals surface area contributed by atoms with Crippen LogP contribution in [0.15, 0.2) is 29.6 Å². The molecule has 0 aliphatic rings. The minimum absolute atomic E-state index is 0.152. The summed E-state index contributed by atoms with van der Waals surface area (Å²) in [7, 11) is 1.50. The highest BCUT2D eigenvalue weighted by molar-refractivity contribution is 7.13. The predicted octanol–water partition coefficient (Wildman–Crippen LogP) is 1.86. The molecule has 0 saturated carbocycles. The SMILES string of the molecule is COCC(O)CNC(=O)c1ccc(-c2cccs2)nc1C. The standard InChI is InChI=1S/C15H18N2O3S/c1-10-12(15(19)16-8-11(18)9-20-2)5-6-13(17-10)14-4-3-7-21-14/h3-7,11,18H,8-9H2,1-2H3,(H,16,19). The fourth-order valence-corrected chi connectivity index (χ4v) is 2.61. The third kappa shape index (κ3) is 4.10. The van der Waals surface area contributed by atoms with Crippen LogP contribution in [-0.2, 0) is 4.74 Å². The Kier molecular flexibility index (Phi) is 5.44. The first-order valence-corrected chi connectivity index (χ1v) is 7.46. The quantitative estimate of drug-likeness (QED) is 0.854. The molecule has 2 rings (SSSR count). The van der Waals surface area contributed by atoms with Gasteiger partial charge in [0.15, 0.2) is 0 Å². The smallest absolute Gasteiger partial charge is 0.253 e. The maximum atomic E-state index is 12.1. The van der Waals surface area contributed by atoms with Crippen molar-refractivity contribution in [2.24, 2.45) is 0 Å². The van der Waals surface area contributed by atoms with Crippen LogP contribution in [0.25, 0.3) is 10.6 Å². The van der Waals surface area contributed by atoms with E-state index in [1.54, 1.807) is 24.3 Å². The van der Waals surface area contributed by atoms with E-state index in [4.69, 9.17) is 4.74 Å². The van der Waals surface area contributed by atoms with Crippen molar-refractivity contribution < 1.29 is 14.6 Å². The first-order valence-electron chi connectivity index (χ1n) is 6.58. The van der Waals surface area contributed by atoms with Crippen LogP contribution in [0.4, 0.5) is 0 Å². The van der Waals surface area contributed by atoms with Crippen molar-refractivity contribution in [3.05, 3.63) is 40.9 Å². The lowest BCUT2D eigenvalue weighted by Crippen LogP contribution is -2.34. The molecule has 0 radical (unpaired) electrons. The van der Waals surface area contributed by atoms with Crippen molar-refractivity contribution in [2.45, 2.75) is 13.0 Å². The number of nitrogens with one attached hydrogen (secondary N) is 1. The van der Waals surface area contributed by atoms with Gasteiger partial charge in [0.25, 0.3) is 5.91 Å². The average molecular weight is 306 g/mol. The van der Waals surface area contributed by atoms with Crippen molar-refractivity contribution >= 4 is 17.2 Å². The number of aliphatic hydroxyl groups is 1. The van der Waals surface area contributed by atoms with E-state index in [-0.39, 0.29) is 19.1 Å². The van der Waals surface area contributed by atoms with E-state index in [0.717, 1.165) is 10.6 Å². The monoisotopic (exact) mass is 306 g/mol. The summed E-state index contributed by atoms with van der Waals surface area (Å²) in [4.78, 5) is 17.6. The summed E-state index contributed by atoms with van der Waals surface area (Å²) in [6, 6.07) is 7.55. The lowest BCUT2D eigenvalue weighted by molar-refractivity contribution is 0.0609. The van der Waals surface area contributed by atoms with Gasteiger partial charge in [-0.25, -0.2) is 0 Å². The molecule has 5 nitrogen and oxygen atoms in total. The molecule has 0 saturated heterocycles. The van der Waals surface area contributed by atoms with Crippen LogP contribution < -0.4 is 5.32 Å². The number of aromatic nitrogens is 1. The summed E-state index contributed by atoms with van der Waals surface area (Å²) >= 11 is 1.61. The summed E-state index contributed by atoms with van der Waals surface area (Å²) in [5, 5.41) is 14.2. The molecule has 1 unspecified atom stereocenters. The second kappa shape index (κ2) is 7.31. The number of aryl methyl sites for hydroxylation is 1. The Hall–Kier alpha value is -1.76. The highest BCUT2D eigenvalue weighted by Crippen LogP contribution is 2.23. The molecule has 6 heteroatoms. The van der Waals surface area contributed by atoms with Crippen LogP contribution in [0.2, 0.25) is 0 Å². The van der Waals surface area contributed by atoms with Crippen LogP contribution >= 0.6 is 11.3 Å². The minimum Gasteiger partial charge on any atom is -0.389 e. The number of rotatable bonds is 6. The van der Waals surface area contributed by atoms with E-state index in [0.29, 0.717) is 11.3 Å². The molecule has 2 N–H and O–H groups in total. The second-order valence-electron chi connectivity index (χ2n) is 4.63. The number of carbonyl (C=O) groups excluding carboxylic acids is 1. The summed E-state index contributed by atoms with van der Waals surface area (Å²) in [6.07, 6.45) is -0.711. The Bertz CT molecular complexity index is 599. The maximum Gasteiger partial charge on any atom is 0.253 e. The van der Waals surface area contributed by atoms with Crippen molar-refractivity contribution in [3.63, 3.8) is 0 Å². The third-order valence-corrected chi connectivity index (χ3v) is 3.85. The molecule has 0 aliphatic heterocycles. The molecule has 2 aromatic heterocycles. The second-order valence-corrected chi connectivity index (χ2v) is 5.57. The maximum absolute atomic E-state index is 12.1. The minimum atomic E-state index is -0.711. The topological polar surface area (TPSA) is 71.5 Å². The van der Waals surface area contributed by atoms with E-state index in [1.807, 2.05) is 23.6 Å². The molecule has 1 atom stereocenters. The van der Waals surface area contributed by atoms with Crippen molar-refractivity contribution in [3.8, 4) is 10.6 Å². The number of aliphatic hydroxyl groups excluding tert-OH is 1. The van der Waals surface area contributed by atoms with Crippen LogP contribution in [0.5, 0.6) is 0 Å². The highest BCUT2D eigenvalue weighted by atomic mass is 32.1. The Balaban J connectivity index is 2.05. The Labute approximate surface area is 127 Å². The van der Waals surface area contributed by atoms with Gasteiger partial charge in [-0.2, -0.15) is 0 Å². The lowest BCUT2D eigenvalue weighted by atomic mass is 10.1. The number of carbonyl (C=O) groups is 1. The van der Waals surface area contributed by atoms with E-state index >= 15 is 0 Å². The first kappa shape index (κ1) is 15.6. The van der Waals surface area contributed by atoms with E-state index in [1.165, 1.54) is 7.11 Å². The van der Waals surface area contributed by atoms with Gasteiger partial charge in [-0.05, 0) is 30.5 Å². The van der Waals surface area contributed by atoms with Gasteiger partial charge in [-0.3, -0.25) is 9.78 Å². The predicted molar refractivity (Wildman–Crippen MR) is 82.5 cm³/mol. The van der Waals surface area contributed by atoms with Gasteiger partial charge in [0.1, 0.15) is 0 Å². The van der Waals surface area contributed by atoms with E-state index in [2.05, 4.69) is 10.3 Å². The molecule has 0 spiro atoms. The number of hydrogen-bond acceptors (Lipinski definition) is 5. The summed E-state index contributed by atoms with van der Waals surface area (Å²) in [5.74, 6) is -0.243. The van der Waals surface area contributed by atoms with Crippen molar-refractivity contribution in [1.82, 2.24) is 10.3 Å². The van der Waals surface area contributed by atoms with Crippen LogP contribution in [0, 0.1) is 6.92 Å². The van der Waals surface area contributed by atoms with Gasteiger partial charge in [0.05, 0.1) is 34.5 Å². The van der Waals surface area contributed by atoms with E-state index in [9.17, 15) is 9.90 Å². The van der Waals surface area contributed by atoms with Crippen LogP contribution in [-0.4, -0.2) is 42.4 Å². The van der Waals surface area contributed by atoms with Crippen molar-refractivity contribution in [1.29, 1.82) is 0 Å². The molecule has 0 aliphatic carbocycles. The van der Waals surface area contributed by atoms with Crippen LogP contribution in [0.3, 0.4) is 0 Å². The van der Waals surface area contributed by atoms with Crippen molar-refractivity contribution in [2.75, 3.05) is 20.3 Å². The Morgan fingerprint density at radius 3 is 2.90 bits per heavy atom. The van der Waals surface area contributed by atoms with Gasteiger partial charge >= 0.3 is 0 Å². The zero-order valence-electron chi connectivity index (χ0n) is 12.0. The number of thiophene rings is 1. The van der Waals surface area contributed by atoms with Gasteiger partial charge in [-0.1, -0.05) is 6.07 Å². The van der Waals surface area contributed by atoms with Gasteiger partial charge in [0.2, 0.25) is 0 Å². The normalized spacial score (nSPS) is 12.1. The number of pyridine rings is 1. The molecule has 2 heterocycles. The first-order chi connectivity index (χ1) is 10.1. The Morgan fingerprint density at radius 2 is 2.29 bits per heavy atom. The fourth-order valence-electron chi connectivity index (χ4n) is 1.92. The van der Waals surface area contributed by atoms with Crippen LogP contribution in [0.1, 0.15) is 16.1 Å². The lowest BCUT2D eigenvalue weighted by Gasteiger charge is -2.12. The Morgan fingerprint density at radius 1 is 1.48 bits per heavy atom. The molecule has 112 valence electrons. The number of hydrogen-bond donors (Lipinski definition) is 2. The third-order valence-electron chi connectivity index (χ3n) is 2.96. The average Bonchev–Trinajstić information content (AvgIpc) is 2.99. The summed E-state index contributed by atoms with van der Waals surface area (Å²) in [6.45, 7) is 2.14. The summed E-state index contributed by atoms with van der Waals surface area (Å²) < 4.78 is 4.81. The molecule has 0 bridgehead atoms. The molecular formula is C15H18N2O3S. The molecule has 0 fully saturated rings. The fraction of sp³-hybridized carbons (Fsp3) is 0.333. The number of nitrogens with zero attached hydrogens (tertiary/aromatic N) is 1. The largest absolute Gasteiger partial charge is 0.389 e. The van der Waals surface area contributed by atoms with Gasteiger partial charge in [0, 0.05) is 13.7 Å². The van der Waals surface area contributed by atoms with Gasteiger partial charge < -0.3 is 15.2 Å². The number of amides is 1. The molecular weight excluding hydrogens is 288 g/mol. The number of methoxy groups -OCH3 is 1.